The molecule has 0 aromatic heterocycles. The molecule has 0 fully saturated rings. The Morgan fingerprint density at radius 3 is 2.69 bits per heavy atom. The fourth-order valence-electron chi connectivity index (χ4n) is 2.58. The van der Waals surface area contributed by atoms with Crippen LogP contribution in [0.2, 0.25) is 0 Å². The van der Waals surface area contributed by atoms with E-state index in [2.05, 4.69) is 5.32 Å². The minimum absolute atomic E-state index is 0.120. The van der Waals surface area contributed by atoms with Gasteiger partial charge in [-0.25, -0.2) is 0 Å². The number of anilines is 1. The number of carbonyl (C=O) groups excluding carboxylic acids is 2. The summed E-state index contributed by atoms with van der Waals surface area (Å²) in [5, 5.41) is 2.69. The quantitative estimate of drug-likeness (QED) is 0.591. The van der Waals surface area contributed by atoms with Crippen LogP contribution in [0.1, 0.15) is 5.56 Å². The second-order valence-corrected chi connectivity index (χ2v) is 7.32. The second-order valence-electron chi connectivity index (χ2n) is 6.33. The standard InChI is InChI=1S/C21H22N2O5S/c1-23(2)21(25)29-18-7-5-4-6-15(18)22-19(24)9-8-14-12-16(26-3)20-17(13-14)27-10-11-28-20/h4-9,12-13H,10-11H2,1-3H3,(H,22,24)/b9-8+. The van der Waals surface area contributed by atoms with Crippen molar-refractivity contribution in [3.05, 3.63) is 48.0 Å². The van der Waals surface area contributed by atoms with Gasteiger partial charge < -0.3 is 24.4 Å². The molecule has 0 aliphatic carbocycles. The summed E-state index contributed by atoms with van der Waals surface area (Å²) in [5.41, 5.74) is 1.31. The van der Waals surface area contributed by atoms with Crippen molar-refractivity contribution in [1.29, 1.82) is 0 Å². The van der Waals surface area contributed by atoms with Gasteiger partial charge >= 0.3 is 0 Å². The topological polar surface area (TPSA) is 77.1 Å². The molecule has 1 heterocycles. The molecular formula is C21H22N2O5S. The Labute approximate surface area is 173 Å². The van der Waals surface area contributed by atoms with Gasteiger partial charge in [0.25, 0.3) is 5.24 Å². The number of nitrogens with one attached hydrogen (secondary N) is 1. The van der Waals surface area contributed by atoms with Gasteiger partial charge in [-0.1, -0.05) is 12.1 Å². The van der Waals surface area contributed by atoms with Crippen LogP contribution in [0.3, 0.4) is 0 Å². The Morgan fingerprint density at radius 2 is 1.93 bits per heavy atom. The lowest BCUT2D eigenvalue weighted by atomic mass is 10.1. The van der Waals surface area contributed by atoms with Crippen LogP contribution in [-0.2, 0) is 4.79 Å². The molecule has 152 valence electrons. The number of nitrogens with zero attached hydrogens (tertiary/aromatic N) is 1. The number of para-hydroxylation sites is 1. The summed E-state index contributed by atoms with van der Waals surface area (Å²) in [6.07, 6.45) is 3.08. The minimum atomic E-state index is -0.316. The van der Waals surface area contributed by atoms with E-state index in [4.69, 9.17) is 14.2 Å². The fourth-order valence-corrected chi connectivity index (χ4v) is 3.33. The number of thioether (sulfide) groups is 1. The van der Waals surface area contributed by atoms with Crippen LogP contribution < -0.4 is 19.5 Å². The lowest BCUT2D eigenvalue weighted by Gasteiger charge is -2.20. The van der Waals surface area contributed by atoms with E-state index in [0.29, 0.717) is 41.0 Å². The SMILES string of the molecule is COc1cc(/C=C/C(=O)Nc2ccccc2SC(=O)N(C)C)cc2c1OCCO2. The molecule has 2 amide bonds. The molecule has 2 aromatic carbocycles. The number of benzene rings is 2. The molecule has 0 unspecified atom stereocenters. The van der Waals surface area contributed by atoms with E-state index in [1.807, 2.05) is 6.07 Å². The molecule has 1 aliphatic heterocycles. The van der Waals surface area contributed by atoms with Gasteiger partial charge in [-0.2, -0.15) is 0 Å². The van der Waals surface area contributed by atoms with Crippen LogP contribution in [0.5, 0.6) is 17.2 Å². The largest absolute Gasteiger partial charge is 0.493 e. The lowest BCUT2D eigenvalue weighted by molar-refractivity contribution is -0.111. The zero-order chi connectivity index (χ0) is 20.8. The summed E-state index contributed by atoms with van der Waals surface area (Å²) in [6.45, 7) is 0.929. The van der Waals surface area contributed by atoms with Crippen LogP contribution in [0.25, 0.3) is 6.08 Å². The highest BCUT2D eigenvalue weighted by atomic mass is 32.2. The summed E-state index contributed by atoms with van der Waals surface area (Å²) in [4.78, 5) is 26.5. The van der Waals surface area contributed by atoms with Crippen molar-refractivity contribution in [3.8, 4) is 17.2 Å². The number of methoxy groups -OCH3 is 1. The fraction of sp³-hybridized carbons (Fsp3) is 0.238. The second kappa shape index (κ2) is 9.38. The first-order chi connectivity index (χ1) is 14.0. The average Bonchev–Trinajstić information content (AvgIpc) is 2.72. The predicted molar refractivity (Wildman–Crippen MR) is 113 cm³/mol. The Bertz CT molecular complexity index is 925. The molecular weight excluding hydrogens is 392 g/mol. The van der Waals surface area contributed by atoms with Crippen LogP contribution >= 0.6 is 11.8 Å². The number of fused-ring (bicyclic) bond motifs is 1. The van der Waals surface area contributed by atoms with Crippen molar-refractivity contribution in [3.63, 3.8) is 0 Å². The zero-order valence-electron chi connectivity index (χ0n) is 16.4. The molecule has 0 atom stereocenters. The Kier molecular flexibility index (Phi) is 6.66. The summed E-state index contributed by atoms with van der Waals surface area (Å²) >= 11 is 1.06. The van der Waals surface area contributed by atoms with Crippen LogP contribution in [-0.4, -0.2) is 50.5 Å². The zero-order valence-corrected chi connectivity index (χ0v) is 17.2. The third-order valence-electron chi connectivity index (χ3n) is 3.98. The first-order valence-corrected chi connectivity index (χ1v) is 9.74. The maximum Gasteiger partial charge on any atom is 0.286 e. The van der Waals surface area contributed by atoms with Gasteiger partial charge in [0, 0.05) is 25.1 Å². The van der Waals surface area contributed by atoms with Crippen molar-refractivity contribution in [2.24, 2.45) is 0 Å². The molecule has 1 N–H and O–H groups in total. The van der Waals surface area contributed by atoms with Crippen molar-refractivity contribution in [2.45, 2.75) is 4.90 Å². The van der Waals surface area contributed by atoms with Gasteiger partial charge in [-0.3, -0.25) is 9.59 Å². The predicted octanol–water partition coefficient (Wildman–Crippen LogP) is 3.89. The summed E-state index contributed by atoms with van der Waals surface area (Å²) < 4.78 is 16.5. The normalized spacial score (nSPS) is 12.5. The molecule has 0 bridgehead atoms. The first kappa shape index (κ1) is 20.6. The molecule has 7 nitrogen and oxygen atoms in total. The van der Waals surface area contributed by atoms with Crippen molar-refractivity contribution in [1.82, 2.24) is 4.90 Å². The lowest BCUT2D eigenvalue weighted by Crippen LogP contribution is -2.16. The smallest absolute Gasteiger partial charge is 0.286 e. The molecule has 8 heteroatoms. The van der Waals surface area contributed by atoms with E-state index in [1.54, 1.807) is 57.6 Å². The highest BCUT2D eigenvalue weighted by Crippen LogP contribution is 2.40. The maximum atomic E-state index is 12.4. The van der Waals surface area contributed by atoms with Crippen LogP contribution in [0.15, 0.2) is 47.4 Å². The van der Waals surface area contributed by atoms with Gasteiger partial charge in [-0.05, 0) is 47.7 Å². The third kappa shape index (κ3) is 5.23. The first-order valence-electron chi connectivity index (χ1n) is 8.93. The van der Waals surface area contributed by atoms with Crippen molar-refractivity contribution >= 4 is 34.7 Å². The third-order valence-corrected chi connectivity index (χ3v) is 5.10. The van der Waals surface area contributed by atoms with E-state index in [-0.39, 0.29) is 11.1 Å². The van der Waals surface area contributed by atoms with E-state index < -0.39 is 0 Å². The summed E-state index contributed by atoms with van der Waals surface area (Å²) in [5.74, 6) is 1.38. The average molecular weight is 414 g/mol. The van der Waals surface area contributed by atoms with Gasteiger partial charge in [0.05, 0.1) is 12.8 Å². The minimum Gasteiger partial charge on any atom is -0.493 e. The van der Waals surface area contributed by atoms with E-state index in [9.17, 15) is 9.59 Å². The molecule has 2 aromatic rings. The number of ether oxygens (including phenoxy) is 3. The number of rotatable bonds is 5. The van der Waals surface area contributed by atoms with Crippen molar-refractivity contribution < 1.29 is 23.8 Å². The van der Waals surface area contributed by atoms with Crippen LogP contribution in [0.4, 0.5) is 10.5 Å². The molecule has 0 spiro atoms. The van der Waals surface area contributed by atoms with Gasteiger partial charge in [0.1, 0.15) is 13.2 Å². The molecule has 0 saturated carbocycles. The van der Waals surface area contributed by atoms with Gasteiger partial charge in [-0.15, -0.1) is 0 Å². The van der Waals surface area contributed by atoms with E-state index in [0.717, 1.165) is 17.3 Å². The van der Waals surface area contributed by atoms with Crippen LogP contribution in [0, 0.1) is 0 Å². The number of hydrogen-bond donors (Lipinski definition) is 1. The maximum absolute atomic E-state index is 12.4. The van der Waals surface area contributed by atoms with E-state index in [1.165, 1.54) is 11.0 Å². The van der Waals surface area contributed by atoms with Gasteiger partial charge in [0.2, 0.25) is 11.7 Å². The highest BCUT2D eigenvalue weighted by Gasteiger charge is 2.18. The molecule has 1 aliphatic rings. The van der Waals surface area contributed by atoms with E-state index >= 15 is 0 Å². The Hall–Kier alpha value is -3.13. The number of carbonyl (C=O) groups is 2. The monoisotopic (exact) mass is 414 g/mol. The van der Waals surface area contributed by atoms with Crippen molar-refractivity contribution in [2.75, 3.05) is 39.7 Å². The molecule has 0 saturated heterocycles. The Balaban J connectivity index is 1.73. The summed E-state index contributed by atoms with van der Waals surface area (Å²) in [6, 6.07) is 10.7. The highest BCUT2D eigenvalue weighted by molar-refractivity contribution is 8.13. The number of amides is 2. The molecule has 3 rings (SSSR count). The van der Waals surface area contributed by atoms with Gasteiger partial charge in [0.15, 0.2) is 11.5 Å². The molecule has 29 heavy (non-hydrogen) atoms. The Morgan fingerprint density at radius 1 is 1.17 bits per heavy atom. The number of hydrogen-bond acceptors (Lipinski definition) is 6. The summed E-state index contributed by atoms with van der Waals surface area (Å²) in [7, 11) is 4.92. The molecule has 0 radical (unpaired) electrons.